The molecule has 1 amide bonds. The van der Waals surface area contributed by atoms with E-state index in [4.69, 9.17) is 24.4 Å². The maximum absolute atomic E-state index is 12.8. The van der Waals surface area contributed by atoms with Crippen molar-refractivity contribution in [1.29, 1.82) is 0 Å². The Balaban J connectivity index is 1.65. The summed E-state index contributed by atoms with van der Waals surface area (Å²) in [6, 6.07) is 5.07. The predicted molar refractivity (Wildman–Crippen MR) is 139 cm³/mol. The Labute approximate surface area is 228 Å². The molecule has 4 N–H and O–H groups in total. The normalized spacial score (nSPS) is 14.9. The van der Waals surface area contributed by atoms with E-state index < -0.39 is 48.5 Å². The minimum absolute atomic E-state index is 0.0431. The van der Waals surface area contributed by atoms with E-state index in [2.05, 4.69) is 10.6 Å². The number of Topliss-reactive ketones (excluding diaryl/α,β-unsaturated/α-hetero) is 1. The van der Waals surface area contributed by atoms with Gasteiger partial charge in [0.1, 0.15) is 11.6 Å². The molecule has 3 rings (SSSR count). The number of carboxylic acids is 2. The second kappa shape index (κ2) is 12.7. The third kappa shape index (κ3) is 8.79. The number of amides is 1. The summed E-state index contributed by atoms with van der Waals surface area (Å²) in [6.07, 6.45) is 1.02. The van der Waals surface area contributed by atoms with Gasteiger partial charge in [0.15, 0.2) is 30.5 Å². The molecular weight excluding hydrogens is 532 g/mol. The first-order valence-corrected chi connectivity index (χ1v) is 12.9. The molecule has 1 unspecified atom stereocenters. The molecule has 0 fully saturated rings. The van der Waals surface area contributed by atoms with E-state index in [-0.39, 0.29) is 29.6 Å². The van der Waals surface area contributed by atoms with Gasteiger partial charge in [-0.1, -0.05) is 0 Å². The fourth-order valence-electron chi connectivity index (χ4n) is 3.70. The van der Waals surface area contributed by atoms with Crippen molar-refractivity contribution in [3.63, 3.8) is 0 Å². The highest BCUT2D eigenvalue weighted by Gasteiger charge is 2.29. The molecule has 13 heteroatoms. The number of carbonyl (C=O) groups is 5. The summed E-state index contributed by atoms with van der Waals surface area (Å²) >= 11 is 1.30. The van der Waals surface area contributed by atoms with Crippen LogP contribution in [0.2, 0.25) is 0 Å². The number of nitrogens with one attached hydrogen (secondary N) is 2. The zero-order valence-corrected chi connectivity index (χ0v) is 22.5. The zero-order valence-electron chi connectivity index (χ0n) is 21.7. The Kier molecular flexibility index (Phi) is 9.65. The van der Waals surface area contributed by atoms with Gasteiger partial charge in [-0.05, 0) is 63.4 Å². The largest absolute Gasteiger partial charge is 0.479 e. The van der Waals surface area contributed by atoms with Gasteiger partial charge in [0.25, 0.3) is 5.91 Å². The molecule has 1 aliphatic rings. The van der Waals surface area contributed by atoms with Crippen molar-refractivity contribution in [3.05, 3.63) is 45.1 Å². The van der Waals surface area contributed by atoms with Gasteiger partial charge in [0.2, 0.25) is 0 Å². The highest BCUT2D eigenvalue weighted by molar-refractivity contribution is 7.14. The van der Waals surface area contributed by atoms with E-state index in [1.54, 1.807) is 26.8 Å². The Morgan fingerprint density at radius 3 is 2.33 bits per heavy atom. The van der Waals surface area contributed by atoms with Crippen molar-refractivity contribution in [2.75, 3.05) is 26.3 Å². The third-order valence-corrected chi connectivity index (χ3v) is 6.59. The van der Waals surface area contributed by atoms with Crippen LogP contribution in [0.3, 0.4) is 0 Å². The van der Waals surface area contributed by atoms with Crippen molar-refractivity contribution < 1.29 is 48.4 Å². The number of hydrogen-bond donors (Lipinski definition) is 4. The molecule has 1 aromatic heterocycles. The molecule has 1 atom stereocenters. The SMILES string of the molecule is CC(C)(C)OC(=O)C1Cc2cc(C(=O)NCC(=O)c3ccc(OCC(=O)O)c(OCC(=O)O)c3)sc2CCN1. The van der Waals surface area contributed by atoms with Gasteiger partial charge in [-0.25, -0.2) is 9.59 Å². The van der Waals surface area contributed by atoms with E-state index in [1.807, 2.05) is 0 Å². The molecular formula is C26H30N2O10S. The van der Waals surface area contributed by atoms with Gasteiger partial charge in [0, 0.05) is 17.0 Å². The van der Waals surface area contributed by atoms with Gasteiger partial charge in [-0.3, -0.25) is 14.4 Å². The average molecular weight is 563 g/mol. The molecule has 39 heavy (non-hydrogen) atoms. The second-order valence-electron chi connectivity index (χ2n) is 9.69. The van der Waals surface area contributed by atoms with Gasteiger partial charge in [0.05, 0.1) is 11.4 Å². The number of fused-ring (bicyclic) bond motifs is 1. The Morgan fingerprint density at radius 1 is 1.03 bits per heavy atom. The minimum Gasteiger partial charge on any atom is -0.479 e. The lowest BCUT2D eigenvalue weighted by Crippen LogP contribution is -2.42. The number of rotatable bonds is 11. The maximum Gasteiger partial charge on any atom is 0.341 e. The van der Waals surface area contributed by atoms with Crippen LogP contribution in [-0.4, -0.2) is 77.8 Å². The first kappa shape index (κ1) is 29.6. The standard InChI is InChI=1S/C26H30N2O10S/c1-26(2,3)38-25(35)16-8-15-10-21(39-20(15)6-7-27-16)24(34)28-11-17(29)14-4-5-18(36-12-22(30)31)19(9-14)37-13-23(32)33/h4-5,9-10,16,27H,6-8,11-13H2,1-3H3,(H,28,34)(H,30,31)(H,32,33). The lowest BCUT2D eigenvalue weighted by molar-refractivity contribution is -0.157. The number of benzene rings is 1. The summed E-state index contributed by atoms with van der Waals surface area (Å²) in [6.45, 7) is 4.18. The summed E-state index contributed by atoms with van der Waals surface area (Å²) in [4.78, 5) is 61.1. The number of ether oxygens (including phenoxy) is 3. The van der Waals surface area contributed by atoms with Gasteiger partial charge in [-0.2, -0.15) is 0 Å². The molecule has 210 valence electrons. The topological polar surface area (TPSA) is 178 Å². The number of carbonyl (C=O) groups excluding carboxylic acids is 3. The molecule has 1 aromatic carbocycles. The first-order chi connectivity index (χ1) is 18.3. The van der Waals surface area contributed by atoms with Crippen molar-refractivity contribution in [2.24, 2.45) is 0 Å². The molecule has 0 aliphatic carbocycles. The van der Waals surface area contributed by atoms with Gasteiger partial charge >= 0.3 is 17.9 Å². The molecule has 0 saturated carbocycles. The number of ketones is 1. The van der Waals surface area contributed by atoms with E-state index in [0.29, 0.717) is 24.3 Å². The maximum atomic E-state index is 12.8. The van der Waals surface area contributed by atoms with Crippen LogP contribution in [0.15, 0.2) is 24.3 Å². The number of esters is 1. The fraction of sp³-hybridized carbons (Fsp3) is 0.423. The molecule has 0 bridgehead atoms. The summed E-state index contributed by atoms with van der Waals surface area (Å²) in [7, 11) is 0. The molecule has 2 heterocycles. The lowest BCUT2D eigenvalue weighted by atomic mass is 10.1. The minimum atomic E-state index is -1.27. The summed E-state index contributed by atoms with van der Waals surface area (Å²) in [5.41, 5.74) is 0.357. The number of thiophene rings is 1. The van der Waals surface area contributed by atoms with E-state index >= 15 is 0 Å². The molecule has 1 aliphatic heterocycles. The molecule has 2 aromatic rings. The number of hydrogen-bond acceptors (Lipinski definition) is 10. The summed E-state index contributed by atoms with van der Waals surface area (Å²) in [5, 5.41) is 23.5. The Bertz CT molecular complexity index is 1260. The van der Waals surface area contributed by atoms with Crippen molar-refractivity contribution >= 4 is 40.9 Å². The fourth-order valence-corrected chi connectivity index (χ4v) is 4.81. The van der Waals surface area contributed by atoms with Crippen LogP contribution in [0.25, 0.3) is 0 Å². The predicted octanol–water partition coefficient (Wildman–Crippen LogP) is 1.69. The van der Waals surface area contributed by atoms with Crippen LogP contribution in [-0.2, 0) is 32.0 Å². The second-order valence-corrected chi connectivity index (χ2v) is 10.8. The quantitative estimate of drug-likeness (QED) is 0.231. The highest BCUT2D eigenvalue weighted by atomic mass is 32.1. The number of aliphatic carboxylic acids is 2. The van der Waals surface area contributed by atoms with Crippen molar-refractivity contribution in [1.82, 2.24) is 10.6 Å². The van der Waals surface area contributed by atoms with Crippen LogP contribution in [0.5, 0.6) is 11.5 Å². The average Bonchev–Trinajstić information content (AvgIpc) is 3.14. The van der Waals surface area contributed by atoms with Crippen LogP contribution in [0, 0.1) is 0 Å². The van der Waals surface area contributed by atoms with E-state index in [1.165, 1.54) is 29.5 Å². The molecule has 0 saturated heterocycles. The van der Waals surface area contributed by atoms with E-state index in [9.17, 15) is 24.0 Å². The van der Waals surface area contributed by atoms with Gasteiger partial charge < -0.3 is 35.1 Å². The lowest BCUT2D eigenvalue weighted by Gasteiger charge is -2.23. The Morgan fingerprint density at radius 2 is 1.69 bits per heavy atom. The summed E-state index contributed by atoms with van der Waals surface area (Å²) in [5.74, 6) is -3.98. The van der Waals surface area contributed by atoms with Crippen molar-refractivity contribution in [2.45, 2.75) is 45.3 Å². The van der Waals surface area contributed by atoms with Gasteiger partial charge in [-0.15, -0.1) is 11.3 Å². The molecule has 0 spiro atoms. The van der Waals surface area contributed by atoms with Crippen LogP contribution in [0.1, 0.15) is 51.2 Å². The molecule has 12 nitrogen and oxygen atoms in total. The van der Waals surface area contributed by atoms with Crippen molar-refractivity contribution in [3.8, 4) is 11.5 Å². The monoisotopic (exact) mass is 562 g/mol. The third-order valence-electron chi connectivity index (χ3n) is 5.36. The molecule has 0 radical (unpaired) electrons. The highest BCUT2D eigenvalue weighted by Crippen LogP contribution is 2.29. The number of carboxylic acid groups (broad SMARTS) is 2. The zero-order chi connectivity index (χ0) is 28.7. The van der Waals surface area contributed by atoms with Crippen LogP contribution in [0.4, 0.5) is 0 Å². The summed E-state index contributed by atoms with van der Waals surface area (Å²) < 4.78 is 15.7. The first-order valence-electron chi connectivity index (χ1n) is 12.0. The van der Waals surface area contributed by atoms with E-state index in [0.717, 1.165) is 10.4 Å². The Hall–Kier alpha value is -3.97. The smallest absolute Gasteiger partial charge is 0.341 e. The van der Waals surface area contributed by atoms with Crippen LogP contribution < -0.4 is 20.1 Å². The van der Waals surface area contributed by atoms with Crippen LogP contribution >= 0.6 is 11.3 Å².